The van der Waals surface area contributed by atoms with E-state index in [-0.39, 0.29) is 0 Å². The Morgan fingerprint density at radius 2 is 1.11 bits per heavy atom. The fourth-order valence-corrected chi connectivity index (χ4v) is 4.81. The van der Waals surface area contributed by atoms with Crippen LogP contribution in [-0.4, -0.2) is 30.2 Å². The third-order valence-corrected chi connectivity index (χ3v) is 6.72. The number of ether oxygens (including phenoxy) is 1. The van der Waals surface area contributed by atoms with Gasteiger partial charge in [-0.05, 0) is 76.1 Å². The van der Waals surface area contributed by atoms with Gasteiger partial charge in [0.15, 0.2) is 0 Å². The zero-order valence-electron chi connectivity index (χ0n) is 22.3. The molecule has 0 unspecified atom stereocenters. The molecule has 0 spiro atoms. The molecule has 2 heterocycles. The Bertz CT molecular complexity index is 1300. The summed E-state index contributed by atoms with van der Waals surface area (Å²) in [5.74, 6) is 0.866. The Morgan fingerprint density at radius 1 is 0.611 bits per heavy atom. The lowest BCUT2D eigenvalue weighted by Gasteiger charge is -2.12. The van der Waals surface area contributed by atoms with Crippen LogP contribution in [0.5, 0.6) is 5.75 Å². The minimum absolute atomic E-state index is 0.866. The van der Waals surface area contributed by atoms with Crippen LogP contribution in [0.1, 0.15) is 61.9 Å². The minimum Gasteiger partial charge on any atom is -0.497 e. The van der Waals surface area contributed by atoms with Crippen LogP contribution in [0.2, 0.25) is 0 Å². The molecule has 190 valence electrons. The van der Waals surface area contributed by atoms with E-state index in [0.717, 1.165) is 52.3 Å². The number of aromatic nitrogens is 2. The Morgan fingerprint density at radius 3 is 1.67 bits per heavy atom. The van der Waals surface area contributed by atoms with Crippen molar-refractivity contribution in [3.05, 3.63) is 65.5 Å². The lowest BCUT2D eigenvalue weighted by atomic mass is 10.1. The number of hydrogen-bond acceptors (Lipinski definition) is 5. The molecule has 0 aliphatic rings. The molecule has 0 saturated heterocycles. The minimum atomic E-state index is 0.866. The summed E-state index contributed by atoms with van der Waals surface area (Å²) >= 11 is 0. The van der Waals surface area contributed by atoms with Crippen LogP contribution in [0, 0.1) is 20.8 Å². The molecule has 36 heavy (non-hydrogen) atoms. The highest BCUT2D eigenvalue weighted by atomic mass is 16.5. The second kappa shape index (κ2) is 12.6. The standard InChI is InChI=1S/C31H40N4O/c1-22-12-14-28-26(18-22)30(19-23(2)34-28)32-16-10-8-6-5-7-9-11-17-33-31-20-24(3)35-29-15-13-25(36-4)21-27(29)31/h12-15,18-21H,5-11,16-17H2,1-4H3,(H,32,34)(H,33,35). The van der Waals surface area contributed by atoms with E-state index in [2.05, 4.69) is 70.8 Å². The second-order valence-electron chi connectivity index (χ2n) is 9.85. The number of rotatable bonds is 13. The maximum absolute atomic E-state index is 5.40. The van der Waals surface area contributed by atoms with Crippen LogP contribution in [0.3, 0.4) is 0 Å². The summed E-state index contributed by atoms with van der Waals surface area (Å²) < 4.78 is 5.40. The number of pyridine rings is 2. The lowest BCUT2D eigenvalue weighted by Crippen LogP contribution is -2.04. The van der Waals surface area contributed by atoms with Crippen LogP contribution >= 0.6 is 0 Å². The number of aryl methyl sites for hydroxylation is 3. The largest absolute Gasteiger partial charge is 0.497 e. The number of nitrogens with zero attached hydrogens (tertiary/aromatic N) is 2. The lowest BCUT2D eigenvalue weighted by molar-refractivity contribution is 0.415. The molecule has 5 nitrogen and oxygen atoms in total. The van der Waals surface area contributed by atoms with Crippen molar-refractivity contribution in [2.24, 2.45) is 0 Å². The van der Waals surface area contributed by atoms with Crippen LogP contribution < -0.4 is 15.4 Å². The summed E-state index contributed by atoms with van der Waals surface area (Å²) in [7, 11) is 1.71. The number of unbranched alkanes of at least 4 members (excludes halogenated alkanes) is 6. The Hall–Kier alpha value is -3.34. The first-order chi connectivity index (χ1) is 17.5. The van der Waals surface area contributed by atoms with Gasteiger partial charge in [0.1, 0.15) is 5.75 Å². The Kier molecular flexibility index (Phi) is 8.99. The Balaban J connectivity index is 1.11. The summed E-state index contributed by atoms with van der Waals surface area (Å²) in [6.07, 6.45) is 8.83. The molecule has 5 heteroatoms. The number of nitrogens with one attached hydrogen (secondary N) is 2. The van der Waals surface area contributed by atoms with Gasteiger partial charge in [0.25, 0.3) is 0 Å². The first-order valence-electron chi connectivity index (χ1n) is 13.3. The van der Waals surface area contributed by atoms with E-state index in [0.29, 0.717) is 0 Å². The van der Waals surface area contributed by atoms with Gasteiger partial charge in [-0.2, -0.15) is 0 Å². The molecule has 2 aromatic heterocycles. The average Bonchev–Trinajstić information content (AvgIpc) is 2.87. The van der Waals surface area contributed by atoms with E-state index in [1.54, 1.807) is 7.11 Å². The zero-order valence-corrected chi connectivity index (χ0v) is 22.3. The van der Waals surface area contributed by atoms with Crippen molar-refractivity contribution in [2.45, 2.75) is 65.7 Å². The van der Waals surface area contributed by atoms with Gasteiger partial charge >= 0.3 is 0 Å². The molecule has 4 rings (SSSR count). The maximum atomic E-state index is 5.40. The molecule has 0 saturated carbocycles. The van der Waals surface area contributed by atoms with Crippen molar-refractivity contribution in [1.29, 1.82) is 0 Å². The van der Waals surface area contributed by atoms with Gasteiger partial charge in [0.2, 0.25) is 0 Å². The van der Waals surface area contributed by atoms with Crippen molar-refractivity contribution in [3.8, 4) is 5.75 Å². The Labute approximate surface area is 215 Å². The number of benzene rings is 2. The molecule has 2 aromatic carbocycles. The van der Waals surface area contributed by atoms with Crippen molar-refractivity contribution >= 4 is 33.2 Å². The fourth-order valence-electron chi connectivity index (χ4n) is 4.81. The van der Waals surface area contributed by atoms with E-state index in [9.17, 15) is 0 Å². The second-order valence-corrected chi connectivity index (χ2v) is 9.85. The van der Waals surface area contributed by atoms with Gasteiger partial charge < -0.3 is 15.4 Å². The molecular weight excluding hydrogens is 444 g/mol. The molecule has 2 N–H and O–H groups in total. The summed E-state index contributed by atoms with van der Waals surface area (Å²) in [5.41, 5.74) is 7.82. The molecule has 0 fully saturated rings. The van der Waals surface area contributed by atoms with Gasteiger partial charge in [-0.1, -0.05) is 43.7 Å². The number of anilines is 2. The molecule has 0 radical (unpaired) electrons. The first kappa shape index (κ1) is 25.7. The summed E-state index contributed by atoms with van der Waals surface area (Å²) in [5, 5.41) is 9.63. The van der Waals surface area contributed by atoms with Gasteiger partial charge in [-0.25, -0.2) is 0 Å². The third kappa shape index (κ3) is 6.87. The molecule has 0 amide bonds. The molecule has 4 aromatic rings. The van der Waals surface area contributed by atoms with E-state index >= 15 is 0 Å². The van der Waals surface area contributed by atoms with E-state index < -0.39 is 0 Å². The SMILES string of the molecule is COc1ccc2nc(C)cc(NCCCCCCCCCNc3cc(C)nc4ccc(C)cc34)c2c1. The van der Waals surface area contributed by atoms with Crippen molar-refractivity contribution in [2.75, 3.05) is 30.8 Å². The normalized spacial score (nSPS) is 11.2. The summed E-state index contributed by atoms with van der Waals surface area (Å²) in [6, 6.07) is 16.9. The molecule has 0 aliphatic heterocycles. The van der Waals surface area contributed by atoms with Crippen molar-refractivity contribution < 1.29 is 4.74 Å². The smallest absolute Gasteiger partial charge is 0.119 e. The van der Waals surface area contributed by atoms with Crippen LogP contribution in [-0.2, 0) is 0 Å². The van der Waals surface area contributed by atoms with Crippen LogP contribution in [0.15, 0.2) is 48.5 Å². The third-order valence-electron chi connectivity index (χ3n) is 6.72. The predicted molar refractivity (Wildman–Crippen MR) is 154 cm³/mol. The summed E-state index contributed by atoms with van der Waals surface area (Å²) in [6.45, 7) is 8.25. The number of hydrogen-bond donors (Lipinski definition) is 2. The monoisotopic (exact) mass is 484 g/mol. The van der Waals surface area contributed by atoms with E-state index in [4.69, 9.17) is 4.74 Å². The average molecular weight is 485 g/mol. The number of methoxy groups -OCH3 is 1. The van der Waals surface area contributed by atoms with Gasteiger partial charge in [0, 0.05) is 46.6 Å². The molecular formula is C31H40N4O. The number of fused-ring (bicyclic) bond motifs is 2. The predicted octanol–water partition coefficient (Wildman–Crippen LogP) is 7.97. The van der Waals surface area contributed by atoms with Gasteiger partial charge in [-0.15, -0.1) is 0 Å². The highest BCUT2D eigenvalue weighted by Gasteiger charge is 2.06. The topological polar surface area (TPSA) is 59.1 Å². The molecule has 0 bridgehead atoms. The first-order valence-corrected chi connectivity index (χ1v) is 13.3. The fraction of sp³-hybridized carbons (Fsp3) is 0.419. The molecule has 0 aliphatic carbocycles. The maximum Gasteiger partial charge on any atom is 0.119 e. The molecule has 0 atom stereocenters. The van der Waals surface area contributed by atoms with Crippen molar-refractivity contribution in [3.63, 3.8) is 0 Å². The highest BCUT2D eigenvalue weighted by molar-refractivity contribution is 5.93. The van der Waals surface area contributed by atoms with E-state index in [1.807, 2.05) is 19.1 Å². The van der Waals surface area contributed by atoms with Gasteiger partial charge in [-0.3, -0.25) is 9.97 Å². The zero-order chi connectivity index (χ0) is 25.3. The van der Waals surface area contributed by atoms with E-state index in [1.165, 1.54) is 61.6 Å². The van der Waals surface area contributed by atoms with Crippen molar-refractivity contribution in [1.82, 2.24) is 9.97 Å². The quantitative estimate of drug-likeness (QED) is 0.188. The van der Waals surface area contributed by atoms with Crippen LogP contribution in [0.4, 0.5) is 11.4 Å². The van der Waals surface area contributed by atoms with Crippen LogP contribution in [0.25, 0.3) is 21.8 Å². The van der Waals surface area contributed by atoms with Gasteiger partial charge in [0.05, 0.1) is 18.1 Å². The highest BCUT2D eigenvalue weighted by Crippen LogP contribution is 2.27. The summed E-state index contributed by atoms with van der Waals surface area (Å²) in [4.78, 5) is 9.31.